The quantitative estimate of drug-likeness (QED) is 0.799. The molecule has 0 saturated heterocycles. The number of amides is 1. The van der Waals surface area contributed by atoms with Crippen molar-refractivity contribution in [3.8, 4) is 0 Å². The second-order valence-corrected chi connectivity index (χ2v) is 4.44. The lowest BCUT2D eigenvalue weighted by atomic mass is 10.1. The van der Waals surface area contributed by atoms with Crippen molar-refractivity contribution < 1.29 is 31.1 Å². The zero-order chi connectivity index (χ0) is 16.1. The lowest BCUT2D eigenvalue weighted by molar-refractivity contribution is -0.142. The Hall–Kier alpha value is -1.73. The van der Waals surface area contributed by atoms with E-state index < -0.39 is 37.5 Å². The van der Waals surface area contributed by atoms with Gasteiger partial charge in [-0.1, -0.05) is 18.2 Å². The molecule has 0 radical (unpaired) electrons. The van der Waals surface area contributed by atoms with Gasteiger partial charge in [-0.3, -0.25) is 4.79 Å². The standard InChI is InChI=1S/C13H13F6NO/c14-12(15,16)7-5-9-3-1-2-4-10(9)20-11(21)6-8-13(17,18)19/h1-4H,5-8H2,(H,20,21). The van der Waals surface area contributed by atoms with E-state index in [4.69, 9.17) is 0 Å². The average Bonchev–Trinajstić information content (AvgIpc) is 2.33. The minimum atomic E-state index is -4.45. The smallest absolute Gasteiger partial charge is 0.326 e. The molecule has 0 aromatic heterocycles. The fourth-order valence-electron chi connectivity index (χ4n) is 1.60. The summed E-state index contributed by atoms with van der Waals surface area (Å²) in [6.07, 6.45) is -12.2. The molecule has 0 saturated carbocycles. The van der Waals surface area contributed by atoms with Gasteiger partial charge < -0.3 is 5.32 Å². The Morgan fingerprint density at radius 2 is 1.52 bits per heavy atom. The van der Waals surface area contributed by atoms with Crippen LogP contribution in [0.25, 0.3) is 0 Å². The summed E-state index contributed by atoms with van der Waals surface area (Å²) in [7, 11) is 0. The number of hydrogen-bond acceptors (Lipinski definition) is 1. The number of alkyl halides is 6. The van der Waals surface area contributed by atoms with Crippen LogP contribution in [0.1, 0.15) is 24.8 Å². The first-order valence-corrected chi connectivity index (χ1v) is 6.08. The highest BCUT2D eigenvalue weighted by atomic mass is 19.4. The predicted molar refractivity (Wildman–Crippen MR) is 64.7 cm³/mol. The van der Waals surface area contributed by atoms with Gasteiger partial charge >= 0.3 is 12.4 Å². The van der Waals surface area contributed by atoms with Crippen LogP contribution in [0.2, 0.25) is 0 Å². The van der Waals surface area contributed by atoms with Crippen molar-refractivity contribution in [2.45, 2.75) is 38.0 Å². The molecule has 0 bridgehead atoms. The maximum atomic E-state index is 12.2. The van der Waals surface area contributed by atoms with E-state index in [1.807, 2.05) is 0 Å². The first kappa shape index (κ1) is 17.3. The molecule has 1 rings (SSSR count). The maximum Gasteiger partial charge on any atom is 0.389 e. The number of rotatable bonds is 5. The predicted octanol–water partition coefficient (Wildman–Crippen LogP) is 4.46. The molecule has 0 fully saturated rings. The number of aryl methyl sites for hydroxylation is 1. The van der Waals surface area contributed by atoms with Gasteiger partial charge in [-0.2, -0.15) is 26.3 Å². The van der Waals surface area contributed by atoms with E-state index in [9.17, 15) is 31.1 Å². The highest BCUT2D eigenvalue weighted by Crippen LogP contribution is 2.26. The summed E-state index contributed by atoms with van der Waals surface area (Å²) in [6, 6.07) is 5.73. The molecule has 0 aliphatic rings. The van der Waals surface area contributed by atoms with Gasteiger partial charge in [0.2, 0.25) is 5.91 Å². The molecule has 0 aliphatic heterocycles. The van der Waals surface area contributed by atoms with E-state index in [0.29, 0.717) is 0 Å². The van der Waals surface area contributed by atoms with Gasteiger partial charge in [0.1, 0.15) is 0 Å². The van der Waals surface area contributed by atoms with Crippen molar-refractivity contribution in [3.63, 3.8) is 0 Å². The Morgan fingerprint density at radius 3 is 2.10 bits per heavy atom. The first-order chi connectivity index (χ1) is 9.57. The SMILES string of the molecule is O=C(CCC(F)(F)F)Nc1ccccc1CCC(F)(F)F. The van der Waals surface area contributed by atoms with Crippen LogP contribution < -0.4 is 5.32 Å². The molecule has 1 aromatic carbocycles. The zero-order valence-electron chi connectivity index (χ0n) is 10.8. The van der Waals surface area contributed by atoms with Crippen molar-refractivity contribution in [1.82, 2.24) is 0 Å². The Labute approximate surface area is 117 Å². The molecule has 8 heteroatoms. The number of para-hydroxylation sites is 1. The van der Waals surface area contributed by atoms with E-state index in [-0.39, 0.29) is 17.7 Å². The molecule has 0 spiro atoms. The Balaban J connectivity index is 2.64. The summed E-state index contributed by atoms with van der Waals surface area (Å²) in [5.41, 5.74) is 0.337. The van der Waals surface area contributed by atoms with Crippen LogP contribution in [0.3, 0.4) is 0 Å². The molecule has 1 amide bonds. The Morgan fingerprint density at radius 1 is 0.952 bits per heavy atom. The number of nitrogens with one attached hydrogen (secondary N) is 1. The minimum Gasteiger partial charge on any atom is -0.326 e. The molecule has 0 unspecified atom stereocenters. The summed E-state index contributed by atoms with van der Waals surface area (Å²) in [6.45, 7) is 0. The lowest BCUT2D eigenvalue weighted by Gasteiger charge is -2.12. The van der Waals surface area contributed by atoms with Crippen LogP contribution in [0.4, 0.5) is 32.0 Å². The summed E-state index contributed by atoms with van der Waals surface area (Å²) in [4.78, 5) is 11.4. The molecule has 2 nitrogen and oxygen atoms in total. The van der Waals surface area contributed by atoms with Gasteiger partial charge in [-0.15, -0.1) is 0 Å². The summed E-state index contributed by atoms with van der Waals surface area (Å²) < 4.78 is 72.5. The number of anilines is 1. The van der Waals surface area contributed by atoms with Gasteiger partial charge in [0.25, 0.3) is 0 Å². The van der Waals surface area contributed by atoms with Crippen molar-refractivity contribution in [1.29, 1.82) is 0 Å². The Kier molecular flexibility index (Phi) is 5.62. The fourth-order valence-corrected chi connectivity index (χ4v) is 1.60. The topological polar surface area (TPSA) is 29.1 Å². The average molecular weight is 313 g/mol. The molecule has 0 aliphatic carbocycles. The third-order valence-electron chi connectivity index (χ3n) is 2.60. The molecular formula is C13H13F6NO. The molecule has 1 N–H and O–H groups in total. The number of carbonyl (C=O) groups excluding carboxylic acids is 1. The largest absolute Gasteiger partial charge is 0.389 e. The van der Waals surface area contributed by atoms with Crippen molar-refractivity contribution in [3.05, 3.63) is 29.8 Å². The number of benzene rings is 1. The third-order valence-corrected chi connectivity index (χ3v) is 2.60. The summed E-state index contributed by atoms with van der Waals surface area (Å²) >= 11 is 0. The third kappa shape index (κ3) is 7.57. The minimum absolute atomic E-state index is 0.105. The van der Waals surface area contributed by atoms with Crippen LogP contribution in [0.5, 0.6) is 0 Å². The fraction of sp³-hybridized carbons (Fsp3) is 0.462. The normalized spacial score (nSPS) is 12.3. The Bertz CT molecular complexity index is 480. The van der Waals surface area contributed by atoms with Gasteiger partial charge in [-0.25, -0.2) is 0 Å². The van der Waals surface area contributed by atoms with E-state index in [1.165, 1.54) is 24.3 Å². The first-order valence-electron chi connectivity index (χ1n) is 6.08. The van der Waals surface area contributed by atoms with E-state index >= 15 is 0 Å². The molecule has 0 heterocycles. The maximum absolute atomic E-state index is 12.2. The lowest BCUT2D eigenvalue weighted by Crippen LogP contribution is -2.17. The van der Waals surface area contributed by atoms with Crippen LogP contribution in [-0.2, 0) is 11.2 Å². The van der Waals surface area contributed by atoms with Gasteiger partial charge in [0.15, 0.2) is 0 Å². The summed E-state index contributed by atoms with van der Waals surface area (Å²) in [5, 5.41) is 2.21. The van der Waals surface area contributed by atoms with Crippen LogP contribution in [0.15, 0.2) is 24.3 Å². The molecule has 118 valence electrons. The highest BCUT2D eigenvalue weighted by molar-refractivity contribution is 5.91. The van der Waals surface area contributed by atoms with Crippen LogP contribution >= 0.6 is 0 Å². The van der Waals surface area contributed by atoms with Crippen molar-refractivity contribution in [2.75, 3.05) is 5.32 Å². The zero-order valence-corrected chi connectivity index (χ0v) is 10.8. The van der Waals surface area contributed by atoms with E-state index in [2.05, 4.69) is 5.32 Å². The van der Waals surface area contributed by atoms with Crippen LogP contribution in [-0.4, -0.2) is 18.3 Å². The van der Waals surface area contributed by atoms with Crippen molar-refractivity contribution >= 4 is 11.6 Å². The van der Waals surface area contributed by atoms with Gasteiger partial charge in [0.05, 0.1) is 6.42 Å². The number of hydrogen-bond donors (Lipinski definition) is 1. The van der Waals surface area contributed by atoms with E-state index in [1.54, 1.807) is 0 Å². The van der Waals surface area contributed by atoms with Crippen LogP contribution in [0, 0.1) is 0 Å². The van der Waals surface area contributed by atoms with E-state index in [0.717, 1.165) is 0 Å². The molecular weight excluding hydrogens is 300 g/mol. The highest BCUT2D eigenvalue weighted by Gasteiger charge is 2.28. The van der Waals surface area contributed by atoms with Gasteiger partial charge in [-0.05, 0) is 18.1 Å². The molecule has 1 aromatic rings. The molecule has 0 atom stereocenters. The second-order valence-electron chi connectivity index (χ2n) is 4.44. The van der Waals surface area contributed by atoms with Gasteiger partial charge in [0, 0.05) is 18.5 Å². The molecule has 21 heavy (non-hydrogen) atoms. The number of carbonyl (C=O) groups is 1. The summed E-state index contributed by atoms with van der Waals surface area (Å²) in [5.74, 6) is -0.883. The van der Waals surface area contributed by atoms with Crippen molar-refractivity contribution in [2.24, 2.45) is 0 Å². The monoisotopic (exact) mass is 313 g/mol. The second kappa shape index (κ2) is 6.82. The number of halogens is 6.